The van der Waals surface area contributed by atoms with E-state index in [9.17, 15) is 9.18 Å². The van der Waals surface area contributed by atoms with Crippen molar-refractivity contribution in [3.63, 3.8) is 0 Å². The number of rotatable bonds is 5. The van der Waals surface area contributed by atoms with Gasteiger partial charge in [-0.25, -0.2) is 9.18 Å². The van der Waals surface area contributed by atoms with Crippen LogP contribution in [0.25, 0.3) is 21.2 Å². The van der Waals surface area contributed by atoms with Crippen LogP contribution < -0.4 is 5.32 Å². The Balaban J connectivity index is 1.36. The van der Waals surface area contributed by atoms with Crippen molar-refractivity contribution in [2.45, 2.75) is 57.8 Å². The third kappa shape index (κ3) is 4.14. The van der Waals surface area contributed by atoms with Gasteiger partial charge < -0.3 is 9.47 Å². The van der Waals surface area contributed by atoms with Gasteiger partial charge in [0.15, 0.2) is 0 Å². The van der Waals surface area contributed by atoms with Crippen LogP contribution in [0.3, 0.4) is 0 Å². The van der Waals surface area contributed by atoms with Gasteiger partial charge in [0.05, 0.1) is 17.9 Å². The van der Waals surface area contributed by atoms with E-state index in [1.54, 1.807) is 17.4 Å². The fourth-order valence-electron chi connectivity index (χ4n) is 5.15. The lowest BCUT2D eigenvalue weighted by atomic mass is 9.95. The summed E-state index contributed by atoms with van der Waals surface area (Å²) >= 11 is 1.60. The lowest BCUT2D eigenvalue weighted by Crippen LogP contribution is -2.26. The minimum absolute atomic E-state index is 0.132. The lowest BCUT2D eigenvalue weighted by molar-refractivity contribution is 0.0680. The van der Waals surface area contributed by atoms with Gasteiger partial charge in [0.1, 0.15) is 11.9 Å². The maximum atomic E-state index is 14.1. The van der Waals surface area contributed by atoms with E-state index in [-0.39, 0.29) is 11.9 Å². The number of epoxide rings is 1. The van der Waals surface area contributed by atoms with Gasteiger partial charge in [-0.2, -0.15) is 0 Å². The van der Waals surface area contributed by atoms with Crippen molar-refractivity contribution in [3.8, 4) is 11.1 Å². The number of halogens is 1. The zero-order chi connectivity index (χ0) is 22.2. The average Bonchev–Trinajstić information content (AvgIpc) is 3.49. The zero-order valence-corrected chi connectivity index (χ0v) is 19.2. The molecule has 168 valence electrons. The Morgan fingerprint density at radius 1 is 1.09 bits per heavy atom. The molecule has 0 radical (unpaired) electrons. The summed E-state index contributed by atoms with van der Waals surface area (Å²) in [5.74, 6) is 0.509. The summed E-state index contributed by atoms with van der Waals surface area (Å²) in [5.41, 5.74) is 2.12. The molecular formula is C26H28FNO3S. The van der Waals surface area contributed by atoms with Crippen molar-refractivity contribution in [1.82, 2.24) is 0 Å². The summed E-state index contributed by atoms with van der Waals surface area (Å²) in [6, 6.07) is 12.5. The zero-order valence-electron chi connectivity index (χ0n) is 18.3. The molecule has 1 saturated carbocycles. The van der Waals surface area contributed by atoms with Crippen molar-refractivity contribution in [1.29, 1.82) is 0 Å². The van der Waals surface area contributed by atoms with E-state index in [2.05, 4.69) is 19.2 Å². The minimum atomic E-state index is -0.483. The molecule has 32 heavy (non-hydrogen) atoms. The summed E-state index contributed by atoms with van der Waals surface area (Å²) in [7, 11) is 0. The van der Waals surface area contributed by atoms with E-state index in [0.29, 0.717) is 35.3 Å². The maximum Gasteiger partial charge on any atom is 0.411 e. The molecule has 1 aliphatic heterocycles. The second kappa shape index (κ2) is 8.83. The van der Waals surface area contributed by atoms with Gasteiger partial charge in [-0.15, -0.1) is 11.3 Å². The number of anilines is 1. The molecule has 1 N–H and O–H groups in total. The number of amides is 1. The van der Waals surface area contributed by atoms with E-state index in [1.807, 2.05) is 29.6 Å². The first kappa shape index (κ1) is 21.4. The second-order valence-electron chi connectivity index (χ2n) is 8.86. The molecule has 0 spiro atoms. The third-order valence-corrected chi connectivity index (χ3v) is 7.90. The third-order valence-electron chi connectivity index (χ3n) is 6.93. The molecule has 2 heterocycles. The number of carbonyl (C=O) groups excluding carboxylic acids is 1. The summed E-state index contributed by atoms with van der Waals surface area (Å²) in [6.07, 6.45) is 3.71. The first-order chi connectivity index (χ1) is 15.6. The van der Waals surface area contributed by atoms with Crippen LogP contribution in [0.1, 0.15) is 39.5 Å². The highest BCUT2D eigenvalue weighted by Gasteiger charge is 2.51. The van der Waals surface area contributed by atoms with Crippen LogP contribution >= 0.6 is 11.3 Å². The van der Waals surface area contributed by atoms with E-state index in [1.165, 1.54) is 12.1 Å². The molecule has 5 atom stereocenters. The van der Waals surface area contributed by atoms with Gasteiger partial charge >= 0.3 is 6.09 Å². The lowest BCUT2D eigenvalue weighted by Gasteiger charge is -2.23. The van der Waals surface area contributed by atoms with E-state index < -0.39 is 6.09 Å². The molecule has 2 aliphatic rings. The Labute approximate surface area is 191 Å². The number of carbonyl (C=O) groups is 1. The van der Waals surface area contributed by atoms with E-state index in [4.69, 9.17) is 9.47 Å². The van der Waals surface area contributed by atoms with Gasteiger partial charge in [0, 0.05) is 21.2 Å². The topological polar surface area (TPSA) is 50.9 Å². The second-order valence-corrected chi connectivity index (χ2v) is 9.77. The molecule has 5 rings (SSSR count). The smallest absolute Gasteiger partial charge is 0.411 e. The number of ether oxygens (including phenoxy) is 2. The Kier molecular flexibility index (Phi) is 5.91. The molecule has 1 aliphatic carbocycles. The van der Waals surface area contributed by atoms with Crippen molar-refractivity contribution in [2.24, 2.45) is 11.8 Å². The van der Waals surface area contributed by atoms with Gasteiger partial charge in [-0.3, -0.25) is 5.32 Å². The van der Waals surface area contributed by atoms with Crippen LogP contribution in [0, 0.1) is 17.7 Å². The van der Waals surface area contributed by atoms with Crippen LogP contribution in [0.15, 0.2) is 47.8 Å². The van der Waals surface area contributed by atoms with Crippen molar-refractivity contribution >= 4 is 33.2 Å². The van der Waals surface area contributed by atoms with Crippen molar-refractivity contribution in [2.75, 3.05) is 5.32 Å². The molecule has 1 saturated heterocycles. The molecular weight excluding hydrogens is 425 g/mol. The average molecular weight is 454 g/mol. The molecule has 1 unspecified atom stereocenters. The SMILES string of the molecule is CC[C@@H]1CC(OC(=O)Nc2ccc(F)cc2-c2csc3ccccc23)C[C@H](CC)[C@@H]2O[C@H]12. The number of benzene rings is 2. The van der Waals surface area contributed by atoms with Crippen LogP contribution in [0.4, 0.5) is 14.9 Å². The highest BCUT2D eigenvalue weighted by atomic mass is 32.1. The predicted molar refractivity (Wildman–Crippen MR) is 127 cm³/mol. The summed E-state index contributed by atoms with van der Waals surface area (Å²) in [5, 5.41) is 5.94. The fraction of sp³-hybridized carbons (Fsp3) is 0.423. The Morgan fingerprint density at radius 2 is 1.81 bits per heavy atom. The van der Waals surface area contributed by atoms with E-state index >= 15 is 0 Å². The molecule has 0 bridgehead atoms. The van der Waals surface area contributed by atoms with Gasteiger partial charge in [0.25, 0.3) is 0 Å². The number of fused-ring (bicyclic) bond motifs is 2. The summed E-state index contributed by atoms with van der Waals surface area (Å²) in [4.78, 5) is 12.9. The maximum absolute atomic E-state index is 14.1. The molecule has 2 aromatic carbocycles. The standard InChI is InChI=1S/C26H28FNO3S/c1-3-15-11-18(12-16(4-2)25-24(15)31-25)30-26(29)28-22-10-9-17(27)13-20(22)21-14-32-23-8-6-5-7-19(21)23/h5-10,13-16,18,24-25H,3-4,11-12H2,1-2H3,(H,28,29)/t15-,16+,18?,24-,25+. The summed E-state index contributed by atoms with van der Waals surface area (Å²) in [6.45, 7) is 4.34. The van der Waals surface area contributed by atoms with Gasteiger partial charge in [-0.05, 0) is 54.3 Å². The molecule has 1 amide bonds. The van der Waals surface area contributed by atoms with Crippen LogP contribution in [-0.4, -0.2) is 24.4 Å². The molecule has 4 nitrogen and oxygen atoms in total. The molecule has 3 aromatic rings. The molecule has 2 fully saturated rings. The Bertz CT molecular complexity index is 1110. The number of hydrogen-bond acceptors (Lipinski definition) is 4. The number of nitrogens with one attached hydrogen (secondary N) is 1. The quantitative estimate of drug-likeness (QED) is 0.414. The first-order valence-electron chi connectivity index (χ1n) is 11.5. The Hall–Kier alpha value is -2.44. The van der Waals surface area contributed by atoms with Gasteiger partial charge in [-0.1, -0.05) is 44.9 Å². The van der Waals surface area contributed by atoms with Crippen molar-refractivity contribution in [3.05, 3.63) is 53.7 Å². The highest BCUT2D eigenvalue weighted by Crippen LogP contribution is 2.45. The van der Waals surface area contributed by atoms with Crippen molar-refractivity contribution < 1.29 is 18.7 Å². The molecule has 1 aromatic heterocycles. The van der Waals surface area contributed by atoms with Crippen LogP contribution in [0.5, 0.6) is 0 Å². The normalized spacial score (nSPS) is 26.9. The molecule has 6 heteroatoms. The van der Waals surface area contributed by atoms with Crippen LogP contribution in [-0.2, 0) is 9.47 Å². The largest absolute Gasteiger partial charge is 0.446 e. The van der Waals surface area contributed by atoms with Gasteiger partial charge in [0.2, 0.25) is 0 Å². The number of thiophene rings is 1. The highest BCUT2D eigenvalue weighted by molar-refractivity contribution is 7.17. The van der Waals surface area contributed by atoms with Crippen LogP contribution in [0.2, 0.25) is 0 Å². The fourth-order valence-corrected chi connectivity index (χ4v) is 6.12. The minimum Gasteiger partial charge on any atom is -0.446 e. The number of hydrogen-bond donors (Lipinski definition) is 1. The predicted octanol–water partition coefficient (Wildman–Crippen LogP) is 7.24. The summed E-state index contributed by atoms with van der Waals surface area (Å²) < 4.78 is 27.1. The monoisotopic (exact) mass is 453 g/mol. The first-order valence-corrected chi connectivity index (χ1v) is 12.3. The Morgan fingerprint density at radius 3 is 2.53 bits per heavy atom. The van der Waals surface area contributed by atoms with E-state index in [0.717, 1.165) is 41.3 Å².